The minimum atomic E-state index is -0.393. The minimum Gasteiger partial charge on any atom is -0.497 e. The average Bonchev–Trinajstić information content (AvgIpc) is 3.08. The van der Waals surface area contributed by atoms with Gasteiger partial charge in [0.15, 0.2) is 0 Å². The molecule has 0 saturated carbocycles. The van der Waals surface area contributed by atoms with Crippen molar-refractivity contribution in [3.8, 4) is 17.5 Å². The molecule has 0 radical (unpaired) electrons. The number of nitrogens with one attached hydrogen (secondary N) is 1. The van der Waals surface area contributed by atoms with Gasteiger partial charge < -0.3 is 14.6 Å². The Balaban J connectivity index is 1.79. The molecule has 31 heavy (non-hydrogen) atoms. The molecule has 3 aromatic rings. The monoisotopic (exact) mass is 413 g/mol. The van der Waals surface area contributed by atoms with E-state index in [0.717, 1.165) is 40.4 Å². The molecule has 0 saturated heterocycles. The van der Waals surface area contributed by atoms with E-state index in [4.69, 9.17) is 4.74 Å². The van der Waals surface area contributed by atoms with Crippen molar-refractivity contribution in [1.82, 2.24) is 9.88 Å². The lowest BCUT2D eigenvalue weighted by molar-refractivity contribution is -0.117. The second kappa shape index (κ2) is 9.82. The molecule has 158 valence electrons. The predicted octanol–water partition coefficient (Wildman–Crippen LogP) is 4.89. The average molecular weight is 414 g/mol. The molecule has 0 unspecified atom stereocenters. The molecular formula is C26H27N3O2. The molecule has 2 aromatic carbocycles. The van der Waals surface area contributed by atoms with E-state index in [0.29, 0.717) is 6.54 Å². The molecule has 0 spiro atoms. The molecule has 5 nitrogen and oxygen atoms in total. The maximum atomic E-state index is 12.6. The lowest BCUT2D eigenvalue weighted by Crippen LogP contribution is -2.23. The maximum Gasteiger partial charge on any atom is 0.262 e. The summed E-state index contributed by atoms with van der Waals surface area (Å²) in [7, 11) is 1.61. The first-order valence-corrected chi connectivity index (χ1v) is 10.3. The number of rotatable bonds is 7. The van der Waals surface area contributed by atoms with Gasteiger partial charge in [-0.3, -0.25) is 4.79 Å². The molecule has 0 fully saturated rings. The van der Waals surface area contributed by atoms with Gasteiger partial charge in [-0.1, -0.05) is 31.2 Å². The molecule has 1 N–H and O–H groups in total. The Kier molecular flexibility index (Phi) is 6.94. The van der Waals surface area contributed by atoms with E-state index in [1.807, 2.05) is 50.2 Å². The van der Waals surface area contributed by atoms with Crippen LogP contribution in [0.2, 0.25) is 0 Å². The van der Waals surface area contributed by atoms with Gasteiger partial charge in [0.2, 0.25) is 0 Å². The van der Waals surface area contributed by atoms with Crippen LogP contribution in [0.5, 0.6) is 5.75 Å². The highest BCUT2D eigenvalue weighted by molar-refractivity contribution is 6.01. The van der Waals surface area contributed by atoms with E-state index in [2.05, 4.69) is 41.1 Å². The number of methoxy groups -OCH3 is 1. The number of benzene rings is 2. The molecule has 5 heteroatoms. The van der Waals surface area contributed by atoms with Gasteiger partial charge in [0, 0.05) is 23.6 Å². The van der Waals surface area contributed by atoms with Gasteiger partial charge in [0.1, 0.15) is 17.4 Å². The number of nitriles is 1. The van der Waals surface area contributed by atoms with E-state index in [1.54, 1.807) is 13.2 Å². The maximum absolute atomic E-state index is 12.6. The summed E-state index contributed by atoms with van der Waals surface area (Å²) in [5.41, 5.74) is 6.24. The smallest absolute Gasteiger partial charge is 0.262 e. The molecule has 0 aliphatic rings. The lowest BCUT2D eigenvalue weighted by atomic mass is 10.1. The highest BCUT2D eigenvalue weighted by atomic mass is 16.5. The number of hydrogen-bond donors (Lipinski definition) is 1. The number of carbonyl (C=O) groups is 1. The highest BCUT2D eigenvalue weighted by Gasteiger charge is 2.14. The van der Waals surface area contributed by atoms with Crippen molar-refractivity contribution < 1.29 is 9.53 Å². The van der Waals surface area contributed by atoms with Crippen molar-refractivity contribution in [2.45, 2.75) is 33.7 Å². The van der Waals surface area contributed by atoms with Crippen LogP contribution in [0.15, 0.2) is 60.2 Å². The third kappa shape index (κ3) is 5.04. The molecule has 1 amide bonds. The zero-order valence-electron chi connectivity index (χ0n) is 18.4. The molecule has 0 atom stereocenters. The van der Waals surface area contributed by atoms with Gasteiger partial charge in [-0.2, -0.15) is 5.26 Å². The number of carbonyl (C=O) groups excluding carboxylic acids is 1. The molecule has 0 aliphatic carbocycles. The Morgan fingerprint density at radius 1 is 1.10 bits per heavy atom. The fourth-order valence-corrected chi connectivity index (χ4v) is 3.54. The Morgan fingerprint density at radius 2 is 1.74 bits per heavy atom. The first kappa shape index (κ1) is 21.9. The molecule has 3 rings (SSSR count). The number of ether oxygens (including phenoxy) is 1. The first-order valence-electron chi connectivity index (χ1n) is 10.3. The summed E-state index contributed by atoms with van der Waals surface area (Å²) < 4.78 is 7.28. The summed E-state index contributed by atoms with van der Waals surface area (Å²) in [6, 6.07) is 19.9. The molecule has 0 bridgehead atoms. The number of aromatic nitrogens is 1. The van der Waals surface area contributed by atoms with Crippen LogP contribution in [0.25, 0.3) is 11.8 Å². The van der Waals surface area contributed by atoms with E-state index in [1.165, 1.54) is 5.56 Å². The van der Waals surface area contributed by atoms with E-state index in [-0.39, 0.29) is 5.57 Å². The topological polar surface area (TPSA) is 67.0 Å². The minimum absolute atomic E-state index is 0.0788. The standard InChI is InChI=1S/C26H27N3O2/c1-5-20-6-10-24(11-7-20)29-18(2)14-22(19(29)3)15-23(16-27)26(30)28-17-21-8-12-25(31-4)13-9-21/h6-15H,5,17H2,1-4H3,(H,28,30)/b23-15-. The summed E-state index contributed by atoms with van der Waals surface area (Å²) in [5.74, 6) is 0.364. The zero-order valence-corrected chi connectivity index (χ0v) is 18.4. The normalized spacial score (nSPS) is 11.1. The fourth-order valence-electron chi connectivity index (χ4n) is 3.54. The van der Waals surface area contributed by atoms with Crippen molar-refractivity contribution in [2.75, 3.05) is 7.11 Å². The van der Waals surface area contributed by atoms with Crippen LogP contribution in [0.3, 0.4) is 0 Å². The van der Waals surface area contributed by atoms with Crippen LogP contribution in [0.4, 0.5) is 0 Å². The fraction of sp³-hybridized carbons (Fsp3) is 0.231. The van der Waals surface area contributed by atoms with Crippen molar-refractivity contribution in [3.05, 3.63) is 88.2 Å². The number of hydrogen-bond acceptors (Lipinski definition) is 3. The van der Waals surface area contributed by atoms with Gasteiger partial charge in [-0.25, -0.2) is 0 Å². The van der Waals surface area contributed by atoms with Crippen molar-refractivity contribution in [2.24, 2.45) is 0 Å². The second-order valence-electron chi connectivity index (χ2n) is 7.38. The molecular weight excluding hydrogens is 386 g/mol. The van der Waals surface area contributed by atoms with E-state index in [9.17, 15) is 10.1 Å². The van der Waals surface area contributed by atoms with E-state index >= 15 is 0 Å². The SMILES string of the molecule is CCc1ccc(-n2c(C)cc(/C=C(/C#N)C(=O)NCc3ccc(OC)cc3)c2C)cc1. The lowest BCUT2D eigenvalue weighted by Gasteiger charge is -2.10. The van der Waals surface area contributed by atoms with Crippen LogP contribution in [-0.4, -0.2) is 17.6 Å². The Labute approximate surface area is 183 Å². The summed E-state index contributed by atoms with van der Waals surface area (Å²) in [6.07, 6.45) is 2.65. The van der Waals surface area contributed by atoms with Gasteiger partial charge in [-0.05, 0) is 73.4 Å². The van der Waals surface area contributed by atoms with Crippen LogP contribution in [0.1, 0.15) is 35.0 Å². The molecule has 0 aliphatic heterocycles. The number of aryl methyl sites for hydroxylation is 2. The van der Waals surface area contributed by atoms with Crippen LogP contribution >= 0.6 is 0 Å². The summed E-state index contributed by atoms with van der Waals surface area (Å²) in [5, 5.41) is 12.4. The summed E-state index contributed by atoms with van der Waals surface area (Å²) in [4.78, 5) is 12.6. The number of nitrogens with zero attached hydrogens (tertiary/aromatic N) is 2. The summed E-state index contributed by atoms with van der Waals surface area (Å²) >= 11 is 0. The van der Waals surface area contributed by atoms with Gasteiger partial charge in [-0.15, -0.1) is 0 Å². The molecule has 1 aromatic heterocycles. The Bertz CT molecular complexity index is 1130. The van der Waals surface area contributed by atoms with Crippen LogP contribution < -0.4 is 10.1 Å². The van der Waals surface area contributed by atoms with E-state index < -0.39 is 5.91 Å². The van der Waals surface area contributed by atoms with Gasteiger partial charge in [0.05, 0.1) is 7.11 Å². The third-order valence-electron chi connectivity index (χ3n) is 5.35. The van der Waals surface area contributed by atoms with Gasteiger partial charge >= 0.3 is 0 Å². The zero-order chi connectivity index (χ0) is 22.4. The number of amides is 1. The molecule has 1 heterocycles. The predicted molar refractivity (Wildman–Crippen MR) is 123 cm³/mol. The Morgan fingerprint density at radius 3 is 2.32 bits per heavy atom. The second-order valence-corrected chi connectivity index (χ2v) is 7.38. The third-order valence-corrected chi connectivity index (χ3v) is 5.35. The largest absolute Gasteiger partial charge is 0.497 e. The summed E-state index contributed by atoms with van der Waals surface area (Å²) in [6.45, 7) is 6.49. The highest BCUT2D eigenvalue weighted by Crippen LogP contribution is 2.23. The van der Waals surface area contributed by atoms with Gasteiger partial charge in [0.25, 0.3) is 5.91 Å². The van der Waals surface area contributed by atoms with Crippen LogP contribution in [0, 0.1) is 25.2 Å². The van der Waals surface area contributed by atoms with Crippen molar-refractivity contribution in [1.29, 1.82) is 5.26 Å². The van der Waals surface area contributed by atoms with Crippen LogP contribution in [-0.2, 0) is 17.8 Å². The van der Waals surface area contributed by atoms with Crippen molar-refractivity contribution >= 4 is 12.0 Å². The Hall–Kier alpha value is -3.78. The first-order chi connectivity index (χ1) is 15.0. The van der Waals surface area contributed by atoms with Crippen molar-refractivity contribution in [3.63, 3.8) is 0 Å². The quantitative estimate of drug-likeness (QED) is 0.443.